The summed E-state index contributed by atoms with van der Waals surface area (Å²) in [4.78, 5) is 22.3. The quantitative estimate of drug-likeness (QED) is 0.733. The van der Waals surface area contributed by atoms with Crippen molar-refractivity contribution in [3.8, 4) is 11.3 Å². The molecule has 5 heteroatoms. The maximum absolute atomic E-state index is 11.6. The van der Waals surface area contributed by atoms with E-state index in [1.807, 2.05) is 6.07 Å². The molecule has 2 rings (SSSR count). The summed E-state index contributed by atoms with van der Waals surface area (Å²) in [5.74, 6) is 0.472. The third-order valence-corrected chi connectivity index (χ3v) is 1.99. The topological polar surface area (TPSA) is 84.7 Å². The second-order valence-corrected chi connectivity index (χ2v) is 2.99. The Morgan fingerprint density at radius 3 is 2.80 bits per heavy atom. The largest absolute Gasteiger partial charge is 0.324 e. The van der Waals surface area contributed by atoms with E-state index in [1.165, 1.54) is 6.20 Å². The Bertz CT molecular complexity index is 506. The highest BCUT2D eigenvalue weighted by atomic mass is 16.1. The van der Waals surface area contributed by atoms with Crippen LogP contribution in [0.5, 0.6) is 0 Å². The number of nitrogens with two attached hydrogens (primary N) is 1. The molecule has 76 valence electrons. The van der Waals surface area contributed by atoms with Crippen LogP contribution in [0.2, 0.25) is 0 Å². The first-order valence-corrected chi connectivity index (χ1v) is 4.51. The van der Waals surface area contributed by atoms with Crippen molar-refractivity contribution in [2.45, 2.75) is 6.54 Å². The number of rotatable bonds is 2. The minimum Gasteiger partial charge on any atom is -0.324 e. The molecule has 0 aliphatic rings. The minimum absolute atomic E-state index is 0.218. The molecule has 0 unspecified atom stereocenters. The van der Waals surface area contributed by atoms with Crippen LogP contribution >= 0.6 is 0 Å². The van der Waals surface area contributed by atoms with E-state index in [4.69, 9.17) is 5.73 Å². The van der Waals surface area contributed by atoms with Crippen LogP contribution in [0.1, 0.15) is 5.82 Å². The number of hydrogen-bond donors (Lipinski definition) is 2. The molecule has 0 aromatic carbocycles. The molecular weight excluding hydrogens is 192 g/mol. The molecule has 2 aromatic rings. The number of H-pyrrole nitrogens is 1. The minimum atomic E-state index is -0.218. The van der Waals surface area contributed by atoms with Crippen molar-refractivity contribution in [2.75, 3.05) is 0 Å². The fourth-order valence-electron chi connectivity index (χ4n) is 1.24. The smallest absolute Gasteiger partial charge is 0.260 e. The SMILES string of the molecule is NCc1ncc(-c2ccccn2)c(=O)[nH]1. The summed E-state index contributed by atoms with van der Waals surface area (Å²) >= 11 is 0. The Morgan fingerprint density at radius 2 is 2.20 bits per heavy atom. The highest BCUT2D eigenvalue weighted by Crippen LogP contribution is 2.08. The van der Waals surface area contributed by atoms with Gasteiger partial charge >= 0.3 is 0 Å². The molecule has 2 aromatic heterocycles. The third kappa shape index (κ3) is 1.92. The predicted octanol–water partition coefficient (Wildman–Crippen LogP) is 0.291. The van der Waals surface area contributed by atoms with Crippen molar-refractivity contribution < 1.29 is 0 Å². The van der Waals surface area contributed by atoms with Gasteiger partial charge in [0.05, 0.1) is 17.8 Å². The molecule has 5 nitrogen and oxygen atoms in total. The molecular formula is C10H10N4O. The van der Waals surface area contributed by atoms with Crippen LogP contribution in [-0.4, -0.2) is 15.0 Å². The first-order valence-electron chi connectivity index (χ1n) is 4.51. The summed E-state index contributed by atoms with van der Waals surface area (Å²) in [5.41, 5.74) is 6.20. The second-order valence-electron chi connectivity index (χ2n) is 2.99. The molecule has 0 saturated carbocycles. The van der Waals surface area contributed by atoms with Crippen LogP contribution in [0.4, 0.5) is 0 Å². The summed E-state index contributed by atoms with van der Waals surface area (Å²) in [6.07, 6.45) is 3.12. The van der Waals surface area contributed by atoms with Gasteiger partial charge in [0.15, 0.2) is 0 Å². The molecule has 0 spiro atoms. The molecule has 2 heterocycles. The number of pyridine rings is 1. The van der Waals surface area contributed by atoms with Crippen LogP contribution in [0.25, 0.3) is 11.3 Å². The van der Waals surface area contributed by atoms with Crippen molar-refractivity contribution in [2.24, 2.45) is 5.73 Å². The Morgan fingerprint density at radius 1 is 1.33 bits per heavy atom. The lowest BCUT2D eigenvalue weighted by atomic mass is 10.2. The lowest BCUT2D eigenvalue weighted by Gasteiger charge is -2.00. The Hall–Kier alpha value is -2.01. The van der Waals surface area contributed by atoms with Gasteiger partial charge in [0.1, 0.15) is 5.82 Å². The van der Waals surface area contributed by atoms with Crippen LogP contribution in [0.3, 0.4) is 0 Å². The predicted molar refractivity (Wildman–Crippen MR) is 56.0 cm³/mol. The Balaban J connectivity index is 2.51. The lowest BCUT2D eigenvalue weighted by molar-refractivity contribution is 0.894. The maximum atomic E-state index is 11.6. The van der Waals surface area contributed by atoms with Crippen LogP contribution in [0.15, 0.2) is 35.4 Å². The zero-order valence-electron chi connectivity index (χ0n) is 7.97. The molecule has 0 atom stereocenters. The van der Waals surface area contributed by atoms with Crippen molar-refractivity contribution >= 4 is 0 Å². The first-order chi connectivity index (χ1) is 7.31. The highest BCUT2D eigenvalue weighted by Gasteiger charge is 2.04. The zero-order valence-corrected chi connectivity index (χ0v) is 7.97. The van der Waals surface area contributed by atoms with E-state index in [2.05, 4.69) is 15.0 Å². The van der Waals surface area contributed by atoms with Gasteiger partial charge in [-0.05, 0) is 12.1 Å². The van der Waals surface area contributed by atoms with E-state index >= 15 is 0 Å². The van der Waals surface area contributed by atoms with Gasteiger partial charge < -0.3 is 10.7 Å². The van der Waals surface area contributed by atoms with Crippen molar-refractivity contribution in [1.82, 2.24) is 15.0 Å². The molecule has 0 aliphatic heterocycles. The van der Waals surface area contributed by atoms with Gasteiger partial charge in [0, 0.05) is 12.4 Å². The van der Waals surface area contributed by atoms with E-state index < -0.39 is 0 Å². The van der Waals surface area contributed by atoms with E-state index in [0.29, 0.717) is 17.1 Å². The van der Waals surface area contributed by atoms with E-state index in [1.54, 1.807) is 18.3 Å². The van der Waals surface area contributed by atoms with Gasteiger partial charge in [-0.25, -0.2) is 4.98 Å². The molecule has 0 saturated heterocycles. The molecule has 0 aliphatic carbocycles. The average Bonchev–Trinajstić information content (AvgIpc) is 2.30. The standard InChI is InChI=1S/C10H10N4O/c11-5-9-13-6-7(10(15)14-9)8-3-1-2-4-12-8/h1-4,6H,5,11H2,(H,13,14,15). The molecule has 0 bridgehead atoms. The summed E-state index contributed by atoms with van der Waals surface area (Å²) in [6.45, 7) is 0.220. The third-order valence-electron chi connectivity index (χ3n) is 1.99. The summed E-state index contributed by atoms with van der Waals surface area (Å²) < 4.78 is 0. The number of nitrogens with one attached hydrogen (secondary N) is 1. The Kier molecular flexibility index (Phi) is 2.55. The molecule has 0 fully saturated rings. The Labute approximate surface area is 86.0 Å². The van der Waals surface area contributed by atoms with Crippen LogP contribution < -0.4 is 11.3 Å². The van der Waals surface area contributed by atoms with Crippen molar-refractivity contribution in [3.63, 3.8) is 0 Å². The van der Waals surface area contributed by atoms with E-state index in [-0.39, 0.29) is 12.1 Å². The van der Waals surface area contributed by atoms with Gasteiger partial charge in [0.25, 0.3) is 5.56 Å². The average molecular weight is 202 g/mol. The summed E-state index contributed by atoms with van der Waals surface area (Å²) in [7, 11) is 0. The number of hydrogen-bond acceptors (Lipinski definition) is 4. The molecule has 0 amide bonds. The van der Waals surface area contributed by atoms with Gasteiger partial charge in [0.2, 0.25) is 0 Å². The van der Waals surface area contributed by atoms with Gasteiger partial charge in [-0.2, -0.15) is 0 Å². The number of aromatic amines is 1. The van der Waals surface area contributed by atoms with Gasteiger partial charge in [-0.3, -0.25) is 9.78 Å². The fourth-order valence-corrected chi connectivity index (χ4v) is 1.24. The van der Waals surface area contributed by atoms with Gasteiger partial charge in [-0.1, -0.05) is 6.07 Å². The van der Waals surface area contributed by atoms with Gasteiger partial charge in [-0.15, -0.1) is 0 Å². The molecule has 3 N–H and O–H groups in total. The fraction of sp³-hybridized carbons (Fsp3) is 0.100. The summed E-state index contributed by atoms with van der Waals surface area (Å²) in [5, 5.41) is 0. The monoisotopic (exact) mass is 202 g/mol. The lowest BCUT2D eigenvalue weighted by Crippen LogP contribution is -2.15. The first kappa shape index (κ1) is 9.54. The van der Waals surface area contributed by atoms with Crippen LogP contribution in [0, 0.1) is 0 Å². The normalized spacial score (nSPS) is 10.2. The summed E-state index contributed by atoms with van der Waals surface area (Å²) in [6, 6.07) is 5.37. The molecule has 0 radical (unpaired) electrons. The highest BCUT2D eigenvalue weighted by molar-refractivity contribution is 5.55. The van der Waals surface area contributed by atoms with Crippen molar-refractivity contribution in [3.05, 3.63) is 46.8 Å². The maximum Gasteiger partial charge on any atom is 0.260 e. The molecule has 15 heavy (non-hydrogen) atoms. The number of aromatic nitrogens is 3. The second kappa shape index (κ2) is 4.02. The van der Waals surface area contributed by atoms with Crippen molar-refractivity contribution in [1.29, 1.82) is 0 Å². The van der Waals surface area contributed by atoms with E-state index in [9.17, 15) is 4.79 Å². The van der Waals surface area contributed by atoms with Crippen LogP contribution in [-0.2, 0) is 6.54 Å². The van der Waals surface area contributed by atoms with E-state index in [0.717, 1.165) is 0 Å². The number of nitrogens with zero attached hydrogens (tertiary/aromatic N) is 2. The zero-order chi connectivity index (χ0) is 10.7.